The molecule has 64 valence electrons. The Kier molecular flexibility index (Phi) is 2.32. The van der Waals surface area contributed by atoms with Crippen LogP contribution in [0.25, 0.3) is 0 Å². The van der Waals surface area contributed by atoms with Gasteiger partial charge in [0.05, 0.1) is 10.0 Å². The van der Waals surface area contributed by atoms with Crippen molar-refractivity contribution in [2.45, 2.75) is 0 Å². The van der Waals surface area contributed by atoms with E-state index >= 15 is 0 Å². The van der Waals surface area contributed by atoms with Gasteiger partial charge in [-0.15, -0.1) is 0 Å². The second kappa shape index (κ2) is 3.10. The monoisotopic (exact) mass is 234 g/mol. The highest BCUT2D eigenvalue weighted by molar-refractivity contribution is 9.10. The highest BCUT2D eigenvalue weighted by Crippen LogP contribution is 2.27. The van der Waals surface area contributed by atoms with Crippen LogP contribution in [0.3, 0.4) is 0 Å². The van der Waals surface area contributed by atoms with Crippen LogP contribution in [0.4, 0.5) is 4.39 Å². The number of aromatic hydroxyl groups is 1. The van der Waals surface area contributed by atoms with Crippen LogP contribution in [0.15, 0.2) is 16.6 Å². The summed E-state index contributed by atoms with van der Waals surface area (Å²) in [7, 11) is 0. The van der Waals surface area contributed by atoms with Crippen molar-refractivity contribution in [2.75, 3.05) is 0 Å². The number of phenols is 1. The highest BCUT2D eigenvalue weighted by atomic mass is 79.9. The van der Waals surface area contributed by atoms with Crippen LogP contribution in [0.1, 0.15) is 10.4 Å². The van der Waals surface area contributed by atoms with Crippen LogP contribution < -0.4 is 0 Å². The molecule has 0 radical (unpaired) electrons. The zero-order valence-corrected chi connectivity index (χ0v) is 7.30. The van der Waals surface area contributed by atoms with Gasteiger partial charge in [-0.05, 0) is 28.1 Å². The van der Waals surface area contributed by atoms with Gasteiger partial charge >= 0.3 is 5.97 Å². The second-order valence-electron chi connectivity index (χ2n) is 2.07. The van der Waals surface area contributed by atoms with E-state index in [0.717, 1.165) is 12.1 Å². The fourth-order valence-electron chi connectivity index (χ4n) is 0.704. The Balaban J connectivity index is 3.36. The predicted octanol–water partition coefficient (Wildman–Crippen LogP) is 1.99. The first-order valence-electron chi connectivity index (χ1n) is 2.94. The van der Waals surface area contributed by atoms with Crippen molar-refractivity contribution < 1.29 is 19.4 Å². The number of benzene rings is 1. The molecule has 0 atom stereocenters. The number of carbonyl (C=O) groups is 1. The van der Waals surface area contributed by atoms with E-state index in [-0.39, 0.29) is 10.0 Å². The maximum absolute atomic E-state index is 12.8. The molecule has 2 N–H and O–H groups in total. The summed E-state index contributed by atoms with van der Waals surface area (Å²) in [5.74, 6) is -2.79. The number of halogens is 2. The molecule has 0 aliphatic rings. The molecule has 3 nitrogen and oxygen atoms in total. The minimum atomic E-state index is -1.25. The van der Waals surface area contributed by atoms with Crippen molar-refractivity contribution >= 4 is 21.9 Å². The molecule has 1 rings (SSSR count). The summed E-state index contributed by atoms with van der Waals surface area (Å²) in [6.07, 6.45) is 0. The highest BCUT2D eigenvalue weighted by Gasteiger charge is 2.14. The molecule has 0 aliphatic heterocycles. The fourth-order valence-corrected chi connectivity index (χ4v) is 1.21. The van der Waals surface area contributed by atoms with Crippen LogP contribution in [0.5, 0.6) is 5.75 Å². The Morgan fingerprint density at radius 2 is 2.08 bits per heavy atom. The van der Waals surface area contributed by atoms with Gasteiger partial charge in [0, 0.05) is 0 Å². The van der Waals surface area contributed by atoms with Crippen LogP contribution in [0, 0.1) is 5.82 Å². The lowest BCUT2D eigenvalue weighted by Gasteiger charge is -2.01. The van der Waals surface area contributed by atoms with Crippen LogP contribution >= 0.6 is 15.9 Å². The van der Waals surface area contributed by atoms with Crippen molar-refractivity contribution in [1.82, 2.24) is 0 Å². The number of hydrogen-bond donors (Lipinski definition) is 2. The van der Waals surface area contributed by atoms with E-state index in [1.807, 2.05) is 0 Å². The molecule has 1 aromatic rings. The molecule has 12 heavy (non-hydrogen) atoms. The Bertz CT molecular complexity index is 338. The number of rotatable bonds is 1. The van der Waals surface area contributed by atoms with E-state index in [4.69, 9.17) is 10.2 Å². The summed E-state index contributed by atoms with van der Waals surface area (Å²) in [6, 6.07) is 2.11. The Labute approximate surface area is 75.6 Å². The van der Waals surface area contributed by atoms with Crippen LogP contribution in [-0.4, -0.2) is 16.2 Å². The minimum absolute atomic E-state index is 0.217. The summed E-state index contributed by atoms with van der Waals surface area (Å²) < 4.78 is 12.6. The largest absolute Gasteiger partial charge is 0.505 e. The third kappa shape index (κ3) is 1.40. The van der Waals surface area contributed by atoms with E-state index in [9.17, 15) is 9.18 Å². The maximum Gasteiger partial charge on any atom is 0.336 e. The summed E-state index contributed by atoms with van der Waals surface area (Å²) >= 11 is 2.72. The molecule has 0 fully saturated rings. The van der Waals surface area contributed by atoms with Crippen molar-refractivity contribution in [3.63, 3.8) is 0 Å². The number of carboxylic acid groups (broad SMARTS) is 1. The van der Waals surface area contributed by atoms with Crippen molar-refractivity contribution in [3.8, 4) is 5.75 Å². The van der Waals surface area contributed by atoms with Gasteiger partial charge in [-0.1, -0.05) is 0 Å². The molecule has 1 aromatic carbocycles. The summed E-state index contributed by atoms with van der Waals surface area (Å²) in [5.41, 5.74) is -0.217. The second-order valence-corrected chi connectivity index (χ2v) is 2.86. The predicted molar refractivity (Wildman–Crippen MR) is 42.7 cm³/mol. The molecule has 0 saturated carbocycles. The van der Waals surface area contributed by atoms with Crippen LogP contribution in [-0.2, 0) is 0 Å². The molecule has 0 spiro atoms. The van der Waals surface area contributed by atoms with Gasteiger partial charge in [-0.2, -0.15) is 0 Å². The standard InChI is InChI=1S/C7H4BrFO3/c8-5-3(7(11)12)1-2-4(10)6(5)9/h1-2,10H,(H,11,12). The quantitative estimate of drug-likeness (QED) is 0.782. The molecule has 0 aromatic heterocycles. The van der Waals surface area contributed by atoms with E-state index < -0.39 is 17.5 Å². The van der Waals surface area contributed by atoms with Gasteiger partial charge in [0.25, 0.3) is 0 Å². The average Bonchev–Trinajstić information content (AvgIpc) is 2.00. The Morgan fingerprint density at radius 1 is 1.50 bits per heavy atom. The normalized spacial score (nSPS) is 9.83. The fraction of sp³-hybridized carbons (Fsp3) is 0. The molecule has 0 heterocycles. The lowest BCUT2D eigenvalue weighted by Crippen LogP contribution is -1.98. The van der Waals surface area contributed by atoms with E-state index in [0.29, 0.717) is 0 Å². The van der Waals surface area contributed by atoms with Crippen LogP contribution in [0.2, 0.25) is 0 Å². The zero-order valence-electron chi connectivity index (χ0n) is 5.71. The third-order valence-electron chi connectivity index (χ3n) is 1.29. The summed E-state index contributed by atoms with van der Waals surface area (Å²) in [5, 5.41) is 17.3. The summed E-state index contributed by atoms with van der Waals surface area (Å²) in [4.78, 5) is 10.4. The summed E-state index contributed by atoms with van der Waals surface area (Å²) in [6.45, 7) is 0. The number of carboxylic acids is 1. The number of aromatic carboxylic acids is 1. The van der Waals surface area contributed by atoms with Crippen molar-refractivity contribution in [2.24, 2.45) is 0 Å². The van der Waals surface area contributed by atoms with E-state index in [1.165, 1.54) is 0 Å². The van der Waals surface area contributed by atoms with Gasteiger partial charge in [0.2, 0.25) is 0 Å². The molecule has 5 heteroatoms. The number of phenolic OH excluding ortho intramolecular Hbond substituents is 1. The minimum Gasteiger partial charge on any atom is -0.505 e. The average molecular weight is 235 g/mol. The van der Waals surface area contributed by atoms with Crippen molar-refractivity contribution in [1.29, 1.82) is 0 Å². The third-order valence-corrected chi connectivity index (χ3v) is 2.07. The smallest absolute Gasteiger partial charge is 0.336 e. The van der Waals surface area contributed by atoms with E-state index in [1.54, 1.807) is 0 Å². The van der Waals surface area contributed by atoms with Gasteiger partial charge in [0.15, 0.2) is 11.6 Å². The molecule has 0 aliphatic carbocycles. The van der Waals surface area contributed by atoms with Crippen molar-refractivity contribution in [3.05, 3.63) is 28.0 Å². The molecule has 0 amide bonds. The van der Waals surface area contributed by atoms with Gasteiger partial charge in [0.1, 0.15) is 0 Å². The topological polar surface area (TPSA) is 57.5 Å². The van der Waals surface area contributed by atoms with Gasteiger partial charge in [-0.25, -0.2) is 9.18 Å². The Hall–Kier alpha value is -1.10. The molecular formula is C7H4BrFO3. The first kappa shape index (κ1) is 8.99. The number of hydrogen-bond acceptors (Lipinski definition) is 2. The maximum atomic E-state index is 12.8. The van der Waals surface area contributed by atoms with E-state index in [2.05, 4.69) is 15.9 Å². The molecule has 0 saturated heterocycles. The first-order valence-corrected chi connectivity index (χ1v) is 3.73. The molecule has 0 bridgehead atoms. The van der Waals surface area contributed by atoms with Gasteiger partial charge < -0.3 is 10.2 Å². The lowest BCUT2D eigenvalue weighted by molar-refractivity contribution is 0.0695. The molecular weight excluding hydrogens is 231 g/mol. The molecule has 0 unspecified atom stereocenters. The Morgan fingerprint density at radius 3 is 2.58 bits per heavy atom. The lowest BCUT2D eigenvalue weighted by atomic mass is 10.2. The SMILES string of the molecule is O=C(O)c1ccc(O)c(F)c1Br. The van der Waals surface area contributed by atoms with Gasteiger partial charge in [-0.3, -0.25) is 0 Å². The zero-order chi connectivity index (χ0) is 9.30. The first-order chi connectivity index (χ1) is 5.54.